The van der Waals surface area contributed by atoms with E-state index >= 15 is 0 Å². The SMILES string of the molecule is C=C(C)[C@@H]1CCC(C)=C[C@H]1c1c(O)cc(CCCCC)cc1OC(=O)CCCCC1CN1C. The van der Waals surface area contributed by atoms with Crippen LogP contribution in [0.1, 0.15) is 95.6 Å². The van der Waals surface area contributed by atoms with Crippen LogP contribution in [0.15, 0.2) is 35.9 Å². The van der Waals surface area contributed by atoms with E-state index in [-0.39, 0.29) is 23.6 Å². The summed E-state index contributed by atoms with van der Waals surface area (Å²) in [4.78, 5) is 15.1. The monoisotopic (exact) mass is 453 g/mol. The summed E-state index contributed by atoms with van der Waals surface area (Å²) in [7, 11) is 2.14. The van der Waals surface area contributed by atoms with Gasteiger partial charge in [-0.2, -0.15) is 0 Å². The van der Waals surface area contributed by atoms with Gasteiger partial charge >= 0.3 is 5.97 Å². The van der Waals surface area contributed by atoms with Crippen LogP contribution in [0.3, 0.4) is 0 Å². The molecule has 1 aromatic rings. The van der Waals surface area contributed by atoms with Crippen LogP contribution in [0, 0.1) is 5.92 Å². The van der Waals surface area contributed by atoms with E-state index < -0.39 is 0 Å². The second-order valence-corrected chi connectivity index (χ2v) is 10.3. The Morgan fingerprint density at radius 2 is 2.00 bits per heavy atom. The van der Waals surface area contributed by atoms with E-state index in [1.165, 1.54) is 12.1 Å². The Hall–Kier alpha value is -2.07. The van der Waals surface area contributed by atoms with Crippen molar-refractivity contribution in [1.29, 1.82) is 0 Å². The van der Waals surface area contributed by atoms with Crippen molar-refractivity contribution < 1.29 is 14.6 Å². The minimum absolute atomic E-state index is 0.0193. The summed E-state index contributed by atoms with van der Waals surface area (Å²) < 4.78 is 5.97. The van der Waals surface area contributed by atoms with Crippen molar-refractivity contribution in [3.8, 4) is 11.5 Å². The van der Waals surface area contributed by atoms with Gasteiger partial charge < -0.3 is 14.7 Å². The number of allylic oxidation sites excluding steroid dienone is 3. The zero-order valence-electron chi connectivity index (χ0n) is 21.2. The van der Waals surface area contributed by atoms with E-state index in [9.17, 15) is 9.90 Å². The predicted octanol–water partition coefficient (Wildman–Crippen LogP) is 6.92. The first kappa shape index (κ1) is 25.6. The number of hydrogen-bond donors (Lipinski definition) is 1. The summed E-state index contributed by atoms with van der Waals surface area (Å²) in [6.07, 6.45) is 12.0. The maximum Gasteiger partial charge on any atom is 0.311 e. The van der Waals surface area contributed by atoms with Crippen LogP contribution >= 0.6 is 0 Å². The van der Waals surface area contributed by atoms with Gasteiger partial charge in [0, 0.05) is 30.5 Å². The molecule has 0 aromatic heterocycles. The quantitative estimate of drug-likeness (QED) is 0.123. The van der Waals surface area contributed by atoms with Crippen LogP contribution in [0.5, 0.6) is 11.5 Å². The number of esters is 1. The topological polar surface area (TPSA) is 49.5 Å². The third-order valence-corrected chi connectivity index (χ3v) is 7.34. The smallest absolute Gasteiger partial charge is 0.311 e. The molecule has 0 spiro atoms. The average Bonchev–Trinajstić information content (AvgIpc) is 3.46. The fraction of sp³-hybridized carbons (Fsp3) is 0.621. The lowest BCUT2D eigenvalue weighted by atomic mass is 9.73. The number of carbonyl (C=O) groups is 1. The lowest BCUT2D eigenvalue weighted by Crippen LogP contribution is -2.19. The third-order valence-electron chi connectivity index (χ3n) is 7.34. The van der Waals surface area contributed by atoms with Gasteiger partial charge in [-0.25, -0.2) is 0 Å². The highest BCUT2D eigenvalue weighted by molar-refractivity contribution is 5.73. The highest BCUT2D eigenvalue weighted by atomic mass is 16.5. The van der Waals surface area contributed by atoms with Gasteiger partial charge in [0.1, 0.15) is 11.5 Å². The van der Waals surface area contributed by atoms with Crippen molar-refractivity contribution in [1.82, 2.24) is 4.90 Å². The minimum atomic E-state index is -0.200. The Balaban J connectivity index is 1.80. The van der Waals surface area contributed by atoms with Gasteiger partial charge in [-0.1, -0.05) is 50.0 Å². The van der Waals surface area contributed by atoms with Crippen LogP contribution in [-0.2, 0) is 11.2 Å². The van der Waals surface area contributed by atoms with Crippen molar-refractivity contribution in [2.45, 2.75) is 96.9 Å². The van der Waals surface area contributed by atoms with Gasteiger partial charge in [-0.05, 0) is 83.0 Å². The number of benzene rings is 1. The number of likely N-dealkylation sites (N-methyl/N-ethyl adjacent to an activating group) is 1. The molecular formula is C29H43NO3. The molecule has 4 atom stereocenters. The molecule has 182 valence electrons. The lowest BCUT2D eigenvalue weighted by molar-refractivity contribution is -0.134. The van der Waals surface area contributed by atoms with Gasteiger partial charge in [-0.15, -0.1) is 0 Å². The molecular weight excluding hydrogens is 410 g/mol. The van der Waals surface area contributed by atoms with Crippen molar-refractivity contribution in [3.63, 3.8) is 0 Å². The molecule has 1 N–H and O–H groups in total. The average molecular weight is 454 g/mol. The number of nitrogens with zero attached hydrogens (tertiary/aromatic N) is 1. The summed E-state index contributed by atoms with van der Waals surface area (Å²) >= 11 is 0. The van der Waals surface area contributed by atoms with Gasteiger partial charge in [0.15, 0.2) is 0 Å². The first-order valence-electron chi connectivity index (χ1n) is 12.9. The summed E-state index contributed by atoms with van der Waals surface area (Å²) in [5, 5.41) is 11.1. The first-order valence-corrected chi connectivity index (χ1v) is 12.9. The first-order chi connectivity index (χ1) is 15.8. The number of unbranched alkanes of at least 4 members (excludes halogenated alkanes) is 3. The number of carbonyl (C=O) groups excluding carboxylic acids is 1. The van der Waals surface area contributed by atoms with Crippen molar-refractivity contribution in [2.24, 2.45) is 5.92 Å². The van der Waals surface area contributed by atoms with E-state index in [0.29, 0.717) is 18.2 Å². The fourth-order valence-corrected chi connectivity index (χ4v) is 5.14. The van der Waals surface area contributed by atoms with Gasteiger partial charge in [0.25, 0.3) is 0 Å². The Morgan fingerprint density at radius 3 is 2.67 bits per heavy atom. The van der Waals surface area contributed by atoms with E-state index in [1.54, 1.807) is 0 Å². The molecule has 3 rings (SSSR count). The normalized spacial score (nSPS) is 24.3. The molecule has 1 aliphatic heterocycles. The molecule has 1 fully saturated rings. The Bertz CT molecular complexity index is 872. The second-order valence-electron chi connectivity index (χ2n) is 10.3. The van der Waals surface area contributed by atoms with E-state index in [1.807, 2.05) is 12.1 Å². The van der Waals surface area contributed by atoms with Crippen LogP contribution in [0.4, 0.5) is 0 Å². The summed E-state index contributed by atoms with van der Waals surface area (Å²) in [5.41, 5.74) is 4.20. The molecule has 0 radical (unpaired) electrons. The maximum absolute atomic E-state index is 12.8. The Labute approximate surface area is 200 Å². The van der Waals surface area contributed by atoms with Gasteiger partial charge in [-0.3, -0.25) is 4.79 Å². The standard InChI is InChI=1S/C29H43NO3/c1-6-7-8-11-22-17-26(31)29(25-16-21(4)14-15-24(25)20(2)3)27(18-22)33-28(32)13-10-9-12-23-19-30(23)5/h16-18,23-25,31H,2,6-15,19H2,1,3-5H3/t23?,24-,25+,30?/m0/s1. The molecule has 4 heteroatoms. The fourth-order valence-electron chi connectivity index (χ4n) is 5.14. The second kappa shape index (κ2) is 11.9. The molecule has 1 saturated heterocycles. The minimum Gasteiger partial charge on any atom is -0.507 e. The maximum atomic E-state index is 12.8. The summed E-state index contributed by atoms with van der Waals surface area (Å²) in [5.74, 6) is 0.794. The number of phenolic OH excluding ortho intramolecular Hbond substituents is 1. The molecule has 0 bridgehead atoms. The number of aromatic hydroxyl groups is 1. The third kappa shape index (κ3) is 7.20. The molecule has 33 heavy (non-hydrogen) atoms. The Morgan fingerprint density at radius 1 is 1.24 bits per heavy atom. The molecule has 1 aromatic carbocycles. The number of phenols is 1. The number of ether oxygens (including phenoxy) is 1. The molecule has 0 amide bonds. The molecule has 1 heterocycles. The number of rotatable bonds is 12. The van der Waals surface area contributed by atoms with E-state index in [4.69, 9.17) is 4.74 Å². The summed E-state index contributed by atoms with van der Waals surface area (Å²) in [6.45, 7) is 11.8. The van der Waals surface area contributed by atoms with Crippen molar-refractivity contribution in [3.05, 3.63) is 47.1 Å². The van der Waals surface area contributed by atoms with Gasteiger partial charge in [0.05, 0.1) is 0 Å². The van der Waals surface area contributed by atoms with Crippen LogP contribution in [0.2, 0.25) is 0 Å². The molecule has 2 aliphatic rings. The molecule has 4 nitrogen and oxygen atoms in total. The molecule has 2 unspecified atom stereocenters. The molecule has 0 saturated carbocycles. The highest BCUT2D eigenvalue weighted by Crippen LogP contribution is 2.47. The summed E-state index contributed by atoms with van der Waals surface area (Å²) in [6, 6.07) is 4.57. The Kier molecular flexibility index (Phi) is 9.19. The van der Waals surface area contributed by atoms with E-state index in [2.05, 4.69) is 45.4 Å². The van der Waals surface area contributed by atoms with Crippen molar-refractivity contribution in [2.75, 3.05) is 13.6 Å². The lowest BCUT2D eigenvalue weighted by Gasteiger charge is -2.32. The number of aryl methyl sites for hydroxylation is 1. The van der Waals surface area contributed by atoms with Crippen LogP contribution in [0.25, 0.3) is 0 Å². The number of hydrogen-bond acceptors (Lipinski definition) is 4. The zero-order valence-corrected chi connectivity index (χ0v) is 21.2. The van der Waals surface area contributed by atoms with Gasteiger partial charge in [0.2, 0.25) is 0 Å². The zero-order chi connectivity index (χ0) is 24.0. The van der Waals surface area contributed by atoms with Crippen LogP contribution in [-0.4, -0.2) is 35.6 Å². The van der Waals surface area contributed by atoms with Crippen molar-refractivity contribution >= 4 is 5.97 Å². The largest absolute Gasteiger partial charge is 0.507 e. The highest BCUT2D eigenvalue weighted by Gasteiger charge is 2.31. The van der Waals surface area contributed by atoms with E-state index in [0.717, 1.165) is 74.5 Å². The molecule has 1 aliphatic carbocycles. The predicted molar refractivity (Wildman–Crippen MR) is 136 cm³/mol. The van der Waals surface area contributed by atoms with Crippen LogP contribution < -0.4 is 4.74 Å².